The molecule has 0 amide bonds. The SMILES string of the molecule is O=C1/C(=C\c2cccs2)COC/C1=C/c1cccs1. The second-order valence-electron chi connectivity index (χ2n) is 4.19. The first kappa shape index (κ1) is 12.5. The fourth-order valence-corrected chi connectivity index (χ4v) is 3.28. The molecular weight excluding hydrogens is 276 g/mol. The Morgan fingerprint density at radius 3 is 1.89 bits per heavy atom. The molecule has 0 unspecified atom stereocenters. The summed E-state index contributed by atoms with van der Waals surface area (Å²) in [4.78, 5) is 14.5. The van der Waals surface area contributed by atoms with Gasteiger partial charge in [0.05, 0.1) is 13.2 Å². The van der Waals surface area contributed by atoms with Crippen LogP contribution in [0.2, 0.25) is 0 Å². The van der Waals surface area contributed by atoms with Crippen molar-refractivity contribution in [1.82, 2.24) is 0 Å². The predicted octanol–water partition coefficient (Wildman–Crippen LogP) is 3.88. The number of carbonyl (C=O) groups is 1. The molecule has 0 saturated carbocycles. The molecule has 0 aliphatic carbocycles. The van der Waals surface area contributed by atoms with Gasteiger partial charge in [-0.3, -0.25) is 4.79 Å². The van der Waals surface area contributed by atoms with Crippen LogP contribution in [-0.4, -0.2) is 19.0 Å². The molecule has 0 bridgehead atoms. The van der Waals surface area contributed by atoms with Crippen LogP contribution in [0.25, 0.3) is 12.2 Å². The zero-order valence-electron chi connectivity index (χ0n) is 10.2. The van der Waals surface area contributed by atoms with Crippen LogP contribution >= 0.6 is 22.7 Å². The van der Waals surface area contributed by atoms with Crippen LogP contribution in [0.1, 0.15) is 9.75 Å². The minimum absolute atomic E-state index is 0.105. The molecule has 3 rings (SSSR count). The Bertz CT molecular complexity index is 565. The van der Waals surface area contributed by atoms with E-state index in [1.54, 1.807) is 22.7 Å². The zero-order valence-corrected chi connectivity index (χ0v) is 11.8. The van der Waals surface area contributed by atoms with E-state index in [9.17, 15) is 4.79 Å². The second-order valence-corrected chi connectivity index (χ2v) is 6.15. The summed E-state index contributed by atoms with van der Waals surface area (Å²) in [6.07, 6.45) is 3.85. The number of carbonyl (C=O) groups excluding carboxylic acids is 1. The largest absolute Gasteiger partial charge is 0.372 e. The van der Waals surface area contributed by atoms with Gasteiger partial charge in [-0.25, -0.2) is 0 Å². The molecule has 1 saturated heterocycles. The quantitative estimate of drug-likeness (QED) is 0.784. The number of hydrogen-bond donors (Lipinski definition) is 0. The molecular formula is C15H12O2S2. The van der Waals surface area contributed by atoms with Crippen molar-refractivity contribution in [2.24, 2.45) is 0 Å². The number of ketones is 1. The summed E-state index contributed by atoms with van der Waals surface area (Å²) in [6.45, 7) is 0.803. The molecule has 96 valence electrons. The van der Waals surface area contributed by atoms with Gasteiger partial charge in [0.2, 0.25) is 0 Å². The van der Waals surface area contributed by atoms with Crippen molar-refractivity contribution >= 4 is 40.6 Å². The summed E-state index contributed by atoms with van der Waals surface area (Å²) in [6, 6.07) is 7.96. The van der Waals surface area contributed by atoms with Crippen LogP contribution in [0, 0.1) is 0 Å². The molecule has 1 aliphatic heterocycles. The molecule has 0 N–H and O–H groups in total. The lowest BCUT2D eigenvalue weighted by Crippen LogP contribution is -2.21. The Morgan fingerprint density at radius 1 is 0.947 bits per heavy atom. The lowest BCUT2D eigenvalue weighted by molar-refractivity contribution is -0.114. The number of thiophene rings is 2. The summed E-state index contributed by atoms with van der Waals surface area (Å²) in [5, 5.41) is 4.01. The first-order valence-electron chi connectivity index (χ1n) is 5.93. The van der Waals surface area contributed by atoms with Gasteiger partial charge in [-0.1, -0.05) is 12.1 Å². The van der Waals surface area contributed by atoms with Crippen LogP contribution in [-0.2, 0) is 9.53 Å². The molecule has 2 aromatic heterocycles. The van der Waals surface area contributed by atoms with E-state index >= 15 is 0 Å². The highest BCUT2D eigenvalue weighted by atomic mass is 32.1. The Kier molecular flexibility index (Phi) is 3.73. The maximum Gasteiger partial charge on any atom is 0.189 e. The maximum atomic E-state index is 12.4. The third-order valence-corrected chi connectivity index (χ3v) is 4.46. The Labute approximate surface area is 119 Å². The Balaban J connectivity index is 1.87. The normalized spacial score (nSPS) is 20.3. The van der Waals surface area contributed by atoms with E-state index in [4.69, 9.17) is 4.74 Å². The number of Topliss-reactive ketones (excluding diaryl/α,β-unsaturated/α-hetero) is 1. The van der Waals surface area contributed by atoms with Gasteiger partial charge >= 0.3 is 0 Å². The number of rotatable bonds is 2. The second kappa shape index (κ2) is 5.65. The third kappa shape index (κ3) is 2.92. The van der Waals surface area contributed by atoms with E-state index in [0.717, 1.165) is 20.9 Å². The van der Waals surface area contributed by atoms with E-state index in [1.807, 2.05) is 47.2 Å². The van der Waals surface area contributed by atoms with Gasteiger partial charge in [-0.2, -0.15) is 0 Å². The van der Waals surface area contributed by atoms with E-state index in [-0.39, 0.29) is 5.78 Å². The van der Waals surface area contributed by atoms with Crippen LogP contribution in [0.3, 0.4) is 0 Å². The summed E-state index contributed by atoms with van der Waals surface area (Å²) in [7, 11) is 0. The molecule has 1 fully saturated rings. The van der Waals surface area contributed by atoms with Gasteiger partial charge in [0.15, 0.2) is 5.78 Å². The average molecular weight is 288 g/mol. The van der Waals surface area contributed by atoms with Gasteiger partial charge in [0, 0.05) is 20.9 Å². The number of hydrogen-bond acceptors (Lipinski definition) is 4. The highest BCUT2D eigenvalue weighted by molar-refractivity contribution is 7.11. The number of ether oxygens (including phenoxy) is 1. The summed E-state index contributed by atoms with van der Waals surface area (Å²) >= 11 is 3.25. The molecule has 3 heterocycles. The summed E-state index contributed by atoms with van der Waals surface area (Å²) in [5.74, 6) is 0.105. The first-order chi connectivity index (χ1) is 9.33. The lowest BCUT2D eigenvalue weighted by Gasteiger charge is -2.16. The van der Waals surface area contributed by atoms with E-state index in [1.165, 1.54) is 0 Å². The zero-order chi connectivity index (χ0) is 13.1. The van der Waals surface area contributed by atoms with Crippen molar-refractivity contribution in [3.8, 4) is 0 Å². The van der Waals surface area contributed by atoms with Gasteiger partial charge < -0.3 is 4.74 Å². The summed E-state index contributed by atoms with van der Waals surface area (Å²) < 4.78 is 5.51. The monoisotopic (exact) mass is 288 g/mol. The van der Waals surface area contributed by atoms with Crippen molar-refractivity contribution in [3.05, 3.63) is 55.9 Å². The highest BCUT2D eigenvalue weighted by Gasteiger charge is 2.21. The molecule has 19 heavy (non-hydrogen) atoms. The van der Waals surface area contributed by atoms with Gasteiger partial charge in [-0.05, 0) is 35.0 Å². The van der Waals surface area contributed by atoms with Gasteiger partial charge in [-0.15, -0.1) is 22.7 Å². The molecule has 0 radical (unpaired) electrons. The molecule has 0 atom stereocenters. The van der Waals surface area contributed by atoms with E-state index in [0.29, 0.717) is 13.2 Å². The van der Waals surface area contributed by atoms with E-state index in [2.05, 4.69) is 0 Å². The fourth-order valence-electron chi connectivity index (χ4n) is 1.91. The van der Waals surface area contributed by atoms with Crippen molar-refractivity contribution in [3.63, 3.8) is 0 Å². The van der Waals surface area contributed by atoms with Crippen LogP contribution in [0.4, 0.5) is 0 Å². The van der Waals surface area contributed by atoms with Crippen molar-refractivity contribution < 1.29 is 9.53 Å². The standard InChI is InChI=1S/C15H12O2S2/c16-15-11(7-13-3-1-5-18-13)9-17-10-12(15)8-14-4-2-6-19-14/h1-8H,9-10H2/b11-7-,12-8-. The Morgan fingerprint density at radius 2 is 1.47 bits per heavy atom. The van der Waals surface area contributed by atoms with Crippen molar-refractivity contribution in [1.29, 1.82) is 0 Å². The van der Waals surface area contributed by atoms with Gasteiger partial charge in [0.1, 0.15) is 0 Å². The smallest absolute Gasteiger partial charge is 0.189 e. The van der Waals surface area contributed by atoms with Crippen LogP contribution in [0.15, 0.2) is 46.2 Å². The van der Waals surface area contributed by atoms with Crippen molar-refractivity contribution in [2.75, 3.05) is 13.2 Å². The average Bonchev–Trinajstić information content (AvgIpc) is 3.07. The molecule has 2 aromatic rings. The minimum atomic E-state index is 0.105. The predicted molar refractivity (Wildman–Crippen MR) is 80.4 cm³/mol. The van der Waals surface area contributed by atoms with Crippen molar-refractivity contribution in [2.45, 2.75) is 0 Å². The summed E-state index contributed by atoms with van der Waals surface area (Å²) in [5.41, 5.74) is 1.47. The molecule has 2 nitrogen and oxygen atoms in total. The molecule has 0 aromatic carbocycles. The van der Waals surface area contributed by atoms with Crippen LogP contribution < -0.4 is 0 Å². The minimum Gasteiger partial charge on any atom is -0.372 e. The van der Waals surface area contributed by atoms with Crippen LogP contribution in [0.5, 0.6) is 0 Å². The Hall–Kier alpha value is -1.49. The fraction of sp³-hybridized carbons (Fsp3) is 0.133. The maximum absolute atomic E-state index is 12.4. The third-order valence-electron chi connectivity index (χ3n) is 2.82. The molecule has 1 aliphatic rings. The van der Waals surface area contributed by atoms with Gasteiger partial charge in [0.25, 0.3) is 0 Å². The first-order valence-corrected chi connectivity index (χ1v) is 7.69. The van der Waals surface area contributed by atoms with E-state index < -0.39 is 0 Å². The lowest BCUT2D eigenvalue weighted by atomic mass is 10.0. The topological polar surface area (TPSA) is 26.3 Å². The molecule has 4 heteroatoms. The molecule has 0 spiro atoms. The highest BCUT2D eigenvalue weighted by Crippen LogP contribution is 2.22.